The molecule has 3 nitrogen and oxygen atoms in total. The smallest absolute Gasteiger partial charge is 0.0615 e. The van der Waals surface area contributed by atoms with Crippen molar-refractivity contribution < 1.29 is 4.74 Å². The number of hydrogen-bond donors (Lipinski definition) is 1. The minimum absolute atomic E-state index is 0.178. The van der Waals surface area contributed by atoms with Gasteiger partial charge in [0, 0.05) is 25.2 Å². The van der Waals surface area contributed by atoms with Gasteiger partial charge < -0.3 is 10.5 Å². The molecule has 3 heteroatoms. The van der Waals surface area contributed by atoms with Crippen LogP contribution in [0, 0.1) is 0 Å². The van der Waals surface area contributed by atoms with Gasteiger partial charge in [-0.15, -0.1) is 0 Å². The zero-order valence-electron chi connectivity index (χ0n) is 14.7. The molecule has 0 saturated heterocycles. The van der Waals surface area contributed by atoms with Gasteiger partial charge in [0.15, 0.2) is 0 Å². The Balaban J connectivity index is 2.69. The largest absolute Gasteiger partial charge is 0.383 e. The molecule has 0 aromatic rings. The second-order valence-corrected chi connectivity index (χ2v) is 7.03. The summed E-state index contributed by atoms with van der Waals surface area (Å²) >= 11 is 0. The summed E-state index contributed by atoms with van der Waals surface area (Å²) in [5.74, 6) is 0. The third-order valence-corrected chi connectivity index (χ3v) is 5.48. The summed E-state index contributed by atoms with van der Waals surface area (Å²) in [6, 6.07) is 0.437. The topological polar surface area (TPSA) is 38.5 Å². The van der Waals surface area contributed by atoms with E-state index in [9.17, 15) is 0 Å². The van der Waals surface area contributed by atoms with Crippen LogP contribution in [0.4, 0.5) is 0 Å². The van der Waals surface area contributed by atoms with Crippen LogP contribution >= 0.6 is 0 Å². The van der Waals surface area contributed by atoms with E-state index in [1.165, 1.54) is 70.6 Å². The van der Waals surface area contributed by atoms with E-state index < -0.39 is 0 Å². The predicted octanol–water partition coefficient (Wildman–Crippen LogP) is 3.96. The van der Waals surface area contributed by atoms with E-state index in [1.807, 2.05) is 0 Å². The van der Waals surface area contributed by atoms with Crippen molar-refractivity contribution in [2.75, 3.05) is 27.3 Å². The lowest BCUT2D eigenvalue weighted by Crippen LogP contribution is -2.56. The molecule has 0 radical (unpaired) electrons. The van der Waals surface area contributed by atoms with Gasteiger partial charge in [0.1, 0.15) is 0 Å². The molecule has 0 bridgehead atoms. The van der Waals surface area contributed by atoms with Crippen molar-refractivity contribution in [3.63, 3.8) is 0 Å². The van der Waals surface area contributed by atoms with Gasteiger partial charge in [-0.3, -0.25) is 4.90 Å². The number of nitrogens with two attached hydrogens (primary N) is 1. The van der Waals surface area contributed by atoms with Crippen LogP contribution in [-0.4, -0.2) is 43.8 Å². The van der Waals surface area contributed by atoms with Crippen LogP contribution in [-0.2, 0) is 4.74 Å². The second-order valence-electron chi connectivity index (χ2n) is 7.03. The van der Waals surface area contributed by atoms with E-state index >= 15 is 0 Å². The van der Waals surface area contributed by atoms with Crippen molar-refractivity contribution in [2.24, 2.45) is 5.73 Å². The monoisotopic (exact) mass is 298 g/mol. The molecule has 1 rings (SSSR count). The summed E-state index contributed by atoms with van der Waals surface area (Å²) in [7, 11) is 4.04. The van der Waals surface area contributed by atoms with Gasteiger partial charge in [0.2, 0.25) is 0 Å². The quantitative estimate of drug-likeness (QED) is 0.835. The molecule has 1 fully saturated rings. The van der Waals surface area contributed by atoms with Gasteiger partial charge in [-0.2, -0.15) is 0 Å². The first kappa shape index (κ1) is 18.9. The van der Waals surface area contributed by atoms with Gasteiger partial charge in [0.05, 0.1) is 6.61 Å². The molecule has 0 amide bonds. The summed E-state index contributed by atoms with van der Waals surface area (Å²) in [6.07, 6.45) is 15.0. The lowest BCUT2D eigenvalue weighted by Gasteiger charge is -2.45. The third kappa shape index (κ3) is 6.25. The lowest BCUT2D eigenvalue weighted by molar-refractivity contribution is 0.0243. The molecule has 126 valence electrons. The molecule has 1 saturated carbocycles. The molecule has 1 aliphatic carbocycles. The summed E-state index contributed by atoms with van der Waals surface area (Å²) < 4.78 is 5.36. The Hall–Kier alpha value is -0.120. The minimum Gasteiger partial charge on any atom is -0.383 e. The van der Waals surface area contributed by atoms with Crippen molar-refractivity contribution in [1.82, 2.24) is 4.90 Å². The van der Waals surface area contributed by atoms with Crippen molar-refractivity contribution in [2.45, 2.75) is 89.1 Å². The predicted molar refractivity (Wildman–Crippen MR) is 91.7 cm³/mol. The molecule has 0 heterocycles. The van der Waals surface area contributed by atoms with Crippen LogP contribution < -0.4 is 5.73 Å². The highest BCUT2D eigenvalue weighted by Crippen LogP contribution is 2.30. The molecule has 1 unspecified atom stereocenters. The van der Waals surface area contributed by atoms with E-state index in [2.05, 4.69) is 18.9 Å². The van der Waals surface area contributed by atoms with Gasteiger partial charge in [0.25, 0.3) is 0 Å². The molecule has 0 spiro atoms. The van der Waals surface area contributed by atoms with Crippen molar-refractivity contribution in [3.8, 4) is 0 Å². The molecule has 0 aromatic heterocycles. The van der Waals surface area contributed by atoms with Crippen molar-refractivity contribution >= 4 is 0 Å². The average Bonchev–Trinajstić information content (AvgIpc) is 2.48. The third-order valence-electron chi connectivity index (χ3n) is 5.48. The van der Waals surface area contributed by atoms with E-state index in [0.717, 1.165) is 13.2 Å². The number of nitrogens with zero attached hydrogens (tertiary/aromatic N) is 1. The van der Waals surface area contributed by atoms with Crippen molar-refractivity contribution in [1.29, 1.82) is 0 Å². The summed E-state index contributed by atoms with van der Waals surface area (Å²) in [5, 5.41) is 0. The summed E-state index contributed by atoms with van der Waals surface area (Å²) in [4.78, 5) is 2.52. The minimum atomic E-state index is 0.178. The molecular weight excluding hydrogens is 260 g/mol. The van der Waals surface area contributed by atoms with Crippen molar-refractivity contribution in [3.05, 3.63) is 0 Å². The SMILES string of the molecule is COCC(C)N(C)C1(CN)CCCCCCCCCCC1. The number of ether oxygens (including phenoxy) is 1. The Kier molecular flexibility index (Phi) is 9.54. The summed E-state index contributed by atoms with van der Waals surface area (Å²) in [5.41, 5.74) is 6.45. The molecule has 0 aliphatic heterocycles. The zero-order valence-corrected chi connectivity index (χ0v) is 14.7. The highest BCUT2D eigenvalue weighted by atomic mass is 16.5. The lowest BCUT2D eigenvalue weighted by atomic mass is 9.83. The number of likely N-dealkylation sites (N-methyl/N-ethyl adjacent to an activating group) is 1. The van der Waals surface area contributed by atoms with Crippen LogP contribution in [0.5, 0.6) is 0 Å². The van der Waals surface area contributed by atoms with Gasteiger partial charge >= 0.3 is 0 Å². The normalized spacial score (nSPS) is 23.3. The maximum Gasteiger partial charge on any atom is 0.0615 e. The molecule has 1 aliphatic rings. The first-order chi connectivity index (χ1) is 10.2. The van der Waals surface area contributed by atoms with Gasteiger partial charge in [-0.1, -0.05) is 57.8 Å². The first-order valence-electron chi connectivity index (χ1n) is 9.08. The maximum atomic E-state index is 6.27. The number of methoxy groups -OCH3 is 1. The molecular formula is C18H38N2O. The van der Waals surface area contributed by atoms with Gasteiger partial charge in [-0.05, 0) is 26.8 Å². The molecule has 0 aromatic carbocycles. The Morgan fingerprint density at radius 3 is 1.76 bits per heavy atom. The van der Waals surface area contributed by atoms with E-state index in [1.54, 1.807) is 7.11 Å². The number of rotatable bonds is 5. The summed E-state index contributed by atoms with van der Waals surface area (Å²) in [6.45, 7) is 3.83. The standard InChI is InChI=1S/C18H38N2O/c1-17(15-21-3)20(2)18(16-19)13-11-9-7-5-4-6-8-10-12-14-18/h17H,4-16,19H2,1-3H3. The Bertz CT molecular complexity index is 246. The molecule has 2 N–H and O–H groups in total. The van der Waals surface area contributed by atoms with E-state index in [4.69, 9.17) is 10.5 Å². The van der Waals surface area contributed by atoms with Crippen LogP contribution in [0.3, 0.4) is 0 Å². The average molecular weight is 299 g/mol. The molecule has 21 heavy (non-hydrogen) atoms. The Morgan fingerprint density at radius 1 is 0.952 bits per heavy atom. The second kappa shape index (κ2) is 10.6. The number of hydrogen-bond acceptors (Lipinski definition) is 3. The fourth-order valence-corrected chi connectivity index (χ4v) is 3.79. The first-order valence-corrected chi connectivity index (χ1v) is 9.08. The van der Waals surface area contributed by atoms with Crippen LogP contribution in [0.15, 0.2) is 0 Å². The fraction of sp³-hybridized carbons (Fsp3) is 1.00. The van der Waals surface area contributed by atoms with E-state index in [-0.39, 0.29) is 5.54 Å². The van der Waals surface area contributed by atoms with E-state index in [0.29, 0.717) is 6.04 Å². The molecule has 1 atom stereocenters. The Morgan fingerprint density at radius 2 is 1.38 bits per heavy atom. The van der Waals surface area contributed by atoms with Crippen LogP contribution in [0.25, 0.3) is 0 Å². The van der Waals surface area contributed by atoms with Crippen LogP contribution in [0.2, 0.25) is 0 Å². The van der Waals surface area contributed by atoms with Gasteiger partial charge in [-0.25, -0.2) is 0 Å². The highest BCUT2D eigenvalue weighted by Gasteiger charge is 2.34. The van der Waals surface area contributed by atoms with Crippen LogP contribution in [0.1, 0.15) is 77.6 Å². The highest BCUT2D eigenvalue weighted by molar-refractivity contribution is 4.92. The maximum absolute atomic E-state index is 6.27. The fourth-order valence-electron chi connectivity index (χ4n) is 3.79. The zero-order chi connectivity index (χ0) is 15.6. The Labute approximate surface area is 132 Å².